The largest absolute Gasteiger partial charge is 0.314 e. The number of nitrogens with zero attached hydrogens (tertiary/aromatic N) is 1. The molecule has 0 aromatic heterocycles. The zero-order valence-corrected chi connectivity index (χ0v) is 15.1. The molecule has 4 unspecified atom stereocenters. The van der Waals surface area contributed by atoms with Crippen molar-refractivity contribution in [2.24, 2.45) is 17.3 Å². The first-order valence-electron chi connectivity index (χ1n) is 9.40. The fourth-order valence-electron chi connectivity index (χ4n) is 4.51. The van der Waals surface area contributed by atoms with Gasteiger partial charge in [0.05, 0.1) is 0 Å². The van der Waals surface area contributed by atoms with Crippen LogP contribution in [0.5, 0.6) is 0 Å². The van der Waals surface area contributed by atoms with Crippen LogP contribution in [0.3, 0.4) is 0 Å². The minimum absolute atomic E-state index is 0.541. The van der Waals surface area contributed by atoms with Gasteiger partial charge in [-0.2, -0.15) is 0 Å². The summed E-state index contributed by atoms with van der Waals surface area (Å²) in [7, 11) is 0. The SMILES string of the molecule is CCCNC1CCC(C)(C)CC1CN1CCCC(C)C1C. The molecule has 1 N–H and O–H groups in total. The monoisotopic (exact) mass is 294 g/mol. The highest BCUT2D eigenvalue weighted by Gasteiger charge is 2.37. The van der Waals surface area contributed by atoms with E-state index >= 15 is 0 Å². The van der Waals surface area contributed by atoms with Gasteiger partial charge in [0.25, 0.3) is 0 Å². The standard InChI is InChI=1S/C19H38N2/c1-6-11-20-18-9-10-19(4,5)13-17(18)14-21-12-7-8-15(2)16(21)3/h15-18,20H,6-14H2,1-5H3. The number of hydrogen-bond donors (Lipinski definition) is 1. The molecule has 0 radical (unpaired) electrons. The van der Waals surface area contributed by atoms with Crippen molar-refractivity contribution in [3.63, 3.8) is 0 Å². The summed E-state index contributed by atoms with van der Waals surface area (Å²) >= 11 is 0. The van der Waals surface area contributed by atoms with Gasteiger partial charge in [-0.3, -0.25) is 0 Å². The Bertz CT molecular complexity index is 313. The Morgan fingerprint density at radius 1 is 1.19 bits per heavy atom. The van der Waals surface area contributed by atoms with E-state index in [9.17, 15) is 0 Å². The van der Waals surface area contributed by atoms with Gasteiger partial charge in [-0.15, -0.1) is 0 Å². The van der Waals surface area contributed by atoms with E-state index < -0.39 is 0 Å². The van der Waals surface area contributed by atoms with Gasteiger partial charge >= 0.3 is 0 Å². The summed E-state index contributed by atoms with van der Waals surface area (Å²) in [6, 6.07) is 1.53. The van der Waals surface area contributed by atoms with Gasteiger partial charge in [0, 0.05) is 18.6 Å². The van der Waals surface area contributed by atoms with E-state index in [1.165, 1.54) is 58.2 Å². The van der Waals surface area contributed by atoms with Gasteiger partial charge < -0.3 is 10.2 Å². The maximum absolute atomic E-state index is 3.85. The minimum Gasteiger partial charge on any atom is -0.314 e. The third kappa shape index (κ3) is 4.69. The average Bonchev–Trinajstić information content (AvgIpc) is 2.42. The lowest BCUT2D eigenvalue weighted by atomic mass is 9.69. The fraction of sp³-hybridized carbons (Fsp3) is 1.00. The summed E-state index contributed by atoms with van der Waals surface area (Å²) in [6.07, 6.45) is 8.22. The van der Waals surface area contributed by atoms with Crippen molar-refractivity contribution in [1.29, 1.82) is 0 Å². The van der Waals surface area contributed by atoms with Crippen LogP contribution in [0.2, 0.25) is 0 Å². The van der Waals surface area contributed by atoms with Crippen molar-refractivity contribution in [2.75, 3.05) is 19.6 Å². The predicted molar refractivity (Wildman–Crippen MR) is 92.6 cm³/mol. The first-order valence-corrected chi connectivity index (χ1v) is 9.40. The molecular formula is C19H38N2. The zero-order valence-electron chi connectivity index (χ0n) is 15.1. The highest BCUT2D eigenvalue weighted by Crippen LogP contribution is 2.40. The van der Waals surface area contributed by atoms with Crippen LogP contribution < -0.4 is 5.32 Å². The number of piperidine rings is 1. The van der Waals surface area contributed by atoms with Crippen molar-refractivity contribution >= 4 is 0 Å². The molecule has 0 aromatic rings. The van der Waals surface area contributed by atoms with Crippen molar-refractivity contribution < 1.29 is 0 Å². The Morgan fingerprint density at radius 3 is 2.67 bits per heavy atom. The first-order chi connectivity index (χ1) is 9.93. The fourth-order valence-corrected chi connectivity index (χ4v) is 4.51. The molecule has 124 valence electrons. The second-order valence-corrected chi connectivity index (χ2v) is 8.58. The Balaban J connectivity index is 1.98. The summed E-state index contributed by atoms with van der Waals surface area (Å²) in [5.74, 6) is 1.71. The molecule has 2 fully saturated rings. The molecule has 0 spiro atoms. The second-order valence-electron chi connectivity index (χ2n) is 8.58. The van der Waals surface area contributed by atoms with Crippen LogP contribution in [0, 0.1) is 17.3 Å². The van der Waals surface area contributed by atoms with E-state index in [4.69, 9.17) is 0 Å². The van der Waals surface area contributed by atoms with Gasteiger partial charge in [0.1, 0.15) is 0 Å². The lowest BCUT2D eigenvalue weighted by Crippen LogP contribution is -2.51. The first kappa shape index (κ1) is 17.3. The second kappa shape index (κ2) is 7.46. The Kier molecular flexibility index (Phi) is 6.14. The van der Waals surface area contributed by atoms with Crippen LogP contribution >= 0.6 is 0 Å². The Morgan fingerprint density at radius 2 is 1.95 bits per heavy atom. The van der Waals surface area contributed by atoms with Crippen LogP contribution in [-0.4, -0.2) is 36.6 Å². The summed E-state index contributed by atoms with van der Waals surface area (Å²) in [6.45, 7) is 15.9. The Hall–Kier alpha value is -0.0800. The highest BCUT2D eigenvalue weighted by atomic mass is 15.2. The molecule has 1 saturated carbocycles. The van der Waals surface area contributed by atoms with Crippen LogP contribution in [0.1, 0.15) is 73.1 Å². The van der Waals surface area contributed by atoms with Crippen molar-refractivity contribution in [2.45, 2.75) is 85.2 Å². The molecular weight excluding hydrogens is 256 g/mol. The van der Waals surface area contributed by atoms with Crippen molar-refractivity contribution in [3.8, 4) is 0 Å². The molecule has 1 aliphatic carbocycles. The molecule has 0 bridgehead atoms. The minimum atomic E-state index is 0.541. The smallest absolute Gasteiger partial charge is 0.0108 e. The molecule has 2 heteroatoms. The molecule has 2 aliphatic rings. The van der Waals surface area contributed by atoms with E-state index in [1.54, 1.807) is 0 Å². The predicted octanol–water partition coefficient (Wildman–Crippen LogP) is 4.30. The lowest BCUT2D eigenvalue weighted by Gasteiger charge is -2.46. The van der Waals surface area contributed by atoms with Crippen molar-refractivity contribution in [3.05, 3.63) is 0 Å². The van der Waals surface area contributed by atoms with E-state index in [1.807, 2.05) is 0 Å². The lowest BCUT2D eigenvalue weighted by molar-refractivity contribution is 0.0515. The third-order valence-corrected chi connectivity index (χ3v) is 6.15. The van der Waals surface area contributed by atoms with Crippen LogP contribution in [-0.2, 0) is 0 Å². The quantitative estimate of drug-likeness (QED) is 0.813. The van der Waals surface area contributed by atoms with Crippen molar-refractivity contribution in [1.82, 2.24) is 10.2 Å². The van der Waals surface area contributed by atoms with E-state index in [0.29, 0.717) is 5.41 Å². The molecule has 2 rings (SSSR count). The molecule has 2 nitrogen and oxygen atoms in total. The maximum atomic E-state index is 3.85. The Labute approximate surface area is 133 Å². The topological polar surface area (TPSA) is 15.3 Å². The summed E-state index contributed by atoms with van der Waals surface area (Å²) in [5, 5.41) is 3.85. The molecule has 0 aromatic carbocycles. The summed E-state index contributed by atoms with van der Waals surface area (Å²) < 4.78 is 0. The summed E-state index contributed by atoms with van der Waals surface area (Å²) in [4.78, 5) is 2.79. The summed E-state index contributed by atoms with van der Waals surface area (Å²) in [5.41, 5.74) is 0.541. The van der Waals surface area contributed by atoms with Gasteiger partial charge in [0.15, 0.2) is 0 Å². The average molecular weight is 295 g/mol. The van der Waals surface area contributed by atoms with Crippen LogP contribution in [0.25, 0.3) is 0 Å². The normalized spacial score (nSPS) is 37.6. The highest BCUT2D eigenvalue weighted by molar-refractivity contribution is 4.92. The maximum Gasteiger partial charge on any atom is 0.0108 e. The number of rotatable bonds is 5. The molecule has 4 atom stereocenters. The van der Waals surface area contributed by atoms with E-state index in [-0.39, 0.29) is 0 Å². The van der Waals surface area contributed by atoms with Gasteiger partial charge in [-0.25, -0.2) is 0 Å². The molecule has 1 saturated heterocycles. The van der Waals surface area contributed by atoms with E-state index in [2.05, 4.69) is 44.8 Å². The van der Waals surface area contributed by atoms with Gasteiger partial charge in [0.2, 0.25) is 0 Å². The van der Waals surface area contributed by atoms with E-state index in [0.717, 1.165) is 23.9 Å². The van der Waals surface area contributed by atoms with Crippen LogP contribution in [0.4, 0.5) is 0 Å². The number of likely N-dealkylation sites (tertiary alicyclic amines) is 1. The molecule has 1 heterocycles. The van der Waals surface area contributed by atoms with Crippen LogP contribution in [0.15, 0.2) is 0 Å². The third-order valence-electron chi connectivity index (χ3n) is 6.15. The molecule has 0 amide bonds. The number of nitrogens with one attached hydrogen (secondary N) is 1. The zero-order chi connectivity index (χ0) is 15.5. The molecule has 1 aliphatic heterocycles. The molecule has 21 heavy (non-hydrogen) atoms. The van der Waals surface area contributed by atoms with Gasteiger partial charge in [-0.05, 0) is 75.8 Å². The number of hydrogen-bond acceptors (Lipinski definition) is 2. The van der Waals surface area contributed by atoms with Gasteiger partial charge in [-0.1, -0.05) is 27.7 Å².